The first-order chi connectivity index (χ1) is 13.3. The zero-order valence-electron chi connectivity index (χ0n) is 14.8. The number of hydrogen-bond donors (Lipinski definition) is 2. The Morgan fingerprint density at radius 2 is 2.04 bits per heavy atom. The summed E-state index contributed by atoms with van der Waals surface area (Å²) >= 11 is 0. The number of urea groups is 1. The Morgan fingerprint density at radius 3 is 2.79 bits per heavy atom. The molecule has 0 saturated carbocycles. The lowest BCUT2D eigenvalue weighted by Crippen LogP contribution is -2.41. The molecule has 2 saturated heterocycles. The van der Waals surface area contributed by atoms with E-state index in [4.69, 9.17) is 9.47 Å². The van der Waals surface area contributed by atoms with Gasteiger partial charge in [-0.3, -0.25) is 14.5 Å². The van der Waals surface area contributed by atoms with Crippen molar-refractivity contribution in [2.75, 3.05) is 18.3 Å². The van der Waals surface area contributed by atoms with Gasteiger partial charge in [0.05, 0.1) is 24.5 Å². The quantitative estimate of drug-likeness (QED) is 0.629. The van der Waals surface area contributed by atoms with Crippen LogP contribution < -0.4 is 20.1 Å². The Kier molecular flexibility index (Phi) is 4.61. The minimum absolute atomic E-state index is 0.0420. The van der Waals surface area contributed by atoms with Gasteiger partial charge in [0.15, 0.2) is 21.3 Å². The van der Waals surface area contributed by atoms with Crippen LogP contribution in [0.15, 0.2) is 18.2 Å². The molecule has 3 heterocycles. The number of imide groups is 1. The molecule has 0 spiro atoms. The largest absolute Gasteiger partial charge is 0.454 e. The summed E-state index contributed by atoms with van der Waals surface area (Å²) in [5.74, 6) is 0.124. The van der Waals surface area contributed by atoms with Gasteiger partial charge in [0, 0.05) is 6.04 Å². The number of nitrogens with zero attached hydrogens (tertiary/aromatic N) is 1. The van der Waals surface area contributed by atoms with Gasteiger partial charge in [-0.05, 0) is 24.1 Å². The van der Waals surface area contributed by atoms with Crippen molar-refractivity contribution in [3.8, 4) is 11.5 Å². The standard InChI is InChI=1S/C17H19N3O7S/c21-15(18-11-3-4-28(24,25)8-11)6-12-16(22)20(17(23)19-12)7-10-1-2-13-14(5-10)27-9-26-13/h1-2,5,11-12H,3-4,6-9H2,(H,18,21)(H,19,23)/t11-,12+/m0/s1. The first kappa shape index (κ1) is 18.5. The fraction of sp³-hybridized carbons (Fsp3) is 0.471. The molecule has 0 bridgehead atoms. The smallest absolute Gasteiger partial charge is 0.325 e. The topological polar surface area (TPSA) is 131 Å². The summed E-state index contributed by atoms with van der Waals surface area (Å²) in [6.45, 7) is 0.168. The molecule has 28 heavy (non-hydrogen) atoms. The summed E-state index contributed by atoms with van der Waals surface area (Å²) < 4.78 is 33.4. The molecule has 10 nitrogen and oxygen atoms in total. The molecule has 2 N–H and O–H groups in total. The number of benzene rings is 1. The zero-order valence-corrected chi connectivity index (χ0v) is 15.7. The average molecular weight is 409 g/mol. The van der Waals surface area contributed by atoms with E-state index in [9.17, 15) is 22.8 Å². The summed E-state index contributed by atoms with van der Waals surface area (Å²) in [6.07, 6.45) is 0.119. The van der Waals surface area contributed by atoms with Crippen molar-refractivity contribution >= 4 is 27.7 Å². The molecule has 2 atom stereocenters. The van der Waals surface area contributed by atoms with E-state index in [1.54, 1.807) is 18.2 Å². The van der Waals surface area contributed by atoms with Crippen LogP contribution in [0.25, 0.3) is 0 Å². The molecule has 1 aromatic rings. The lowest BCUT2D eigenvalue weighted by atomic mass is 10.1. The number of carbonyl (C=O) groups excluding carboxylic acids is 3. The molecule has 2 fully saturated rings. The van der Waals surface area contributed by atoms with E-state index in [0.717, 1.165) is 4.90 Å². The van der Waals surface area contributed by atoms with Gasteiger partial charge in [-0.25, -0.2) is 13.2 Å². The second-order valence-corrected chi connectivity index (χ2v) is 9.21. The van der Waals surface area contributed by atoms with Gasteiger partial charge in [-0.1, -0.05) is 6.07 Å². The molecule has 3 aliphatic rings. The maximum absolute atomic E-state index is 12.5. The first-order valence-electron chi connectivity index (χ1n) is 8.81. The first-order valence-corrected chi connectivity index (χ1v) is 10.6. The van der Waals surface area contributed by atoms with Crippen molar-refractivity contribution in [1.29, 1.82) is 0 Å². The van der Waals surface area contributed by atoms with Crippen LogP contribution in [-0.2, 0) is 26.0 Å². The molecule has 4 rings (SSSR count). The molecule has 0 unspecified atom stereocenters. The van der Waals surface area contributed by atoms with Crippen LogP contribution in [0.5, 0.6) is 11.5 Å². The van der Waals surface area contributed by atoms with Crippen molar-refractivity contribution in [3.05, 3.63) is 23.8 Å². The van der Waals surface area contributed by atoms with Crippen LogP contribution in [0.1, 0.15) is 18.4 Å². The van der Waals surface area contributed by atoms with Gasteiger partial charge in [0.1, 0.15) is 6.04 Å². The predicted octanol–water partition coefficient (Wildman–Crippen LogP) is -0.471. The van der Waals surface area contributed by atoms with Crippen LogP contribution in [0.3, 0.4) is 0 Å². The minimum atomic E-state index is -3.11. The molecule has 1 aromatic carbocycles. The molecule has 4 amide bonds. The Hall–Kier alpha value is -2.82. The second-order valence-electron chi connectivity index (χ2n) is 6.99. The van der Waals surface area contributed by atoms with Gasteiger partial charge in [0.25, 0.3) is 5.91 Å². The summed E-state index contributed by atoms with van der Waals surface area (Å²) in [5.41, 5.74) is 0.689. The number of sulfone groups is 1. The van der Waals surface area contributed by atoms with Crippen molar-refractivity contribution in [3.63, 3.8) is 0 Å². The van der Waals surface area contributed by atoms with E-state index < -0.39 is 39.8 Å². The van der Waals surface area contributed by atoms with Crippen molar-refractivity contribution in [2.45, 2.75) is 31.5 Å². The van der Waals surface area contributed by atoms with E-state index >= 15 is 0 Å². The molecular formula is C17H19N3O7S. The van der Waals surface area contributed by atoms with E-state index in [1.807, 2.05) is 0 Å². The number of amides is 4. The summed E-state index contributed by atoms with van der Waals surface area (Å²) in [7, 11) is -3.11. The Labute approximate surface area is 161 Å². The fourth-order valence-electron chi connectivity index (χ4n) is 3.47. The highest BCUT2D eigenvalue weighted by Gasteiger charge is 2.39. The fourth-order valence-corrected chi connectivity index (χ4v) is 5.14. The highest BCUT2D eigenvalue weighted by molar-refractivity contribution is 7.91. The van der Waals surface area contributed by atoms with E-state index in [1.165, 1.54) is 0 Å². The van der Waals surface area contributed by atoms with Gasteiger partial charge in [0.2, 0.25) is 12.7 Å². The third kappa shape index (κ3) is 3.75. The number of fused-ring (bicyclic) bond motifs is 1. The van der Waals surface area contributed by atoms with Crippen LogP contribution in [-0.4, -0.2) is 61.5 Å². The third-order valence-electron chi connectivity index (χ3n) is 4.87. The molecular weight excluding hydrogens is 390 g/mol. The predicted molar refractivity (Wildman–Crippen MR) is 95.3 cm³/mol. The second kappa shape index (κ2) is 6.97. The van der Waals surface area contributed by atoms with Crippen LogP contribution in [0, 0.1) is 0 Å². The highest BCUT2D eigenvalue weighted by atomic mass is 32.2. The number of hydrogen-bond acceptors (Lipinski definition) is 7. The molecule has 0 radical (unpaired) electrons. The monoisotopic (exact) mass is 409 g/mol. The summed E-state index contributed by atoms with van der Waals surface area (Å²) in [6, 6.07) is 3.13. The Bertz CT molecular complexity index is 946. The van der Waals surface area contributed by atoms with Gasteiger partial charge < -0.3 is 20.1 Å². The number of nitrogens with one attached hydrogen (secondary N) is 2. The van der Waals surface area contributed by atoms with E-state index in [2.05, 4.69) is 10.6 Å². The highest BCUT2D eigenvalue weighted by Crippen LogP contribution is 2.33. The zero-order chi connectivity index (χ0) is 19.9. The lowest BCUT2D eigenvalue weighted by Gasteiger charge is -2.14. The van der Waals surface area contributed by atoms with E-state index in [-0.39, 0.29) is 31.3 Å². The molecule has 150 valence electrons. The SMILES string of the molecule is O=C(C[C@H]1NC(=O)N(Cc2ccc3c(c2)OCO3)C1=O)N[C@H]1CCS(=O)(=O)C1. The molecule has 11 heteroatoms. The summed E-state index contributed by atoms with van der Waals surface area (Å²) in [4.78, 5) is 37.9. The van der Waals surface area contributed by atoms with E-state index in [0.29, 0.717) is 23.5 Å². The Morgan fingerprint density at radius 1 is 1.25 bits per heavy atom. The maximum atomic E-state index is 12.5. The maximum Gasteiger partial charge on any atom is 0.325 e. The van der Waals surface area contributed by atoms with Gasteiger partial charge in [-0.2, -0.15) is 0 Å². The number of carbonyl (C=O) groups is 3. The third-order valence-corrected chi connectivity index (χ3v) is 6.64. The van der Waals surface area contributed by atoms with Crippen molar-refractivity contribution < 1.29 is 32.3 Å². The summed E-state index contributed by atoms with van der Waals surface area (Å²) in [5, 5.41) is 5.12. The minimum Gasteiger partial charge on any atom is -0.454 e. The van der Waals surface area contributed by atoms with Crippen molar-refractivity contribution in [1.82, 2.24) is 15.5 Å². The van der Waals surface area contributed by atoms with Gasteiger partial charge in [-0.15, -0.1) is 0 Å². The molecule has 0 aliphatic carbocycles. The van der Waals surface area contributed by atoms with Crippen molar-refractivity contribution in [2.24, 2.45) is 0 Å². The van der Waals surface area contributed by atoms with Gasteiger partial charge >= 0.3 is 6.03 Å². The molecule has 0 aromatic heterocycles. The van der Waals surface area contributed by atoms with Crippen LogP contribution >= 0.6 is 0 Å². The number of rotatable bonds is 5. The lowest BCUT2D eigenvalue weighted by molar-refractivity contribution is -0.131. The van der Waals surface area contributed by atoms with Crippen LogP contribution in [0.4, 0.5) is 4.79 Å². The number of ether oxygens (including phenoxy) is 2. The van der Waals surface area contributed by atoms with Crippen LogP contribution in [0.2, 0.25) is 0 Å². The Balaban J connectivity index is 1.35. The normalized spacial score (nSPS) is 25.1. The molecule has 3 aliphatic heterocycles. The average Bonchev–Trinajstić information content (AvgIpc) is 3.29.